The summed E-state index contributed by atoms with van der Waals surface area (Å²) in [6.07, 6.45) is 2.38. The molecule has 0 aliphatic heterocycles. The van der Waals surface area contributed by atoms with Gasteiger partial charge in [0.25, 0.3) is 0 Å². The number of aryl methyl sites for hydroxylation is 2. The van der Waals surface area contributed by atoms with Gasteiger partial charge < -0.3 is 0 Å². The molecule has 0 bridgehead atoms. The Balaban J connectivity index is 2.54. The molecule has 0 amide bonds. The van der Waals surface area contributed by atoms with E-state index in [0.29, 0.717) is 0 Å². The van der Waals surface area contributed by atoms with E-state index in [2.05, 4.69) is 43.0 Å². The Bertz CT molecular complexity index is 486. The largest absolute Gasteiger partial charge is 0.143 e. The van der Waals surface area contributed by atoms with Crippen LogP contribution < -0.4 is 0 Å². The monoisotopic (exact) mass is 186 g/mol. The first-order chi connectivity index (χ1) is 6.34. The van der Waals surface area contributed by atoms with Crippen LogP contribution in [0.2, 0.25) is 0 Å². The number of thiol groups is 1. The lowest BCUT2D eigenvalue weighted by molar-refractivity contribution is 1.02. The first-order valence-corrected chi connectivity index (χ1v) is 5.03. The zero-order valence-corrected chi connectivity index (χ0v) is 8.14. The Labute approximate surface area is 83.0 Å². The van der Waals surface area contributed by atoms with Crippen molar-refractivity contribution in [1.29, 1.82) is 0 Å². The van der Waals surface area contributed by atoms with Crippen molar-refractivity contribution in [1.82, 2.24) is 0 Å². The van der Waals surface area contributed by atoms with E-state index in [4.69, 9.17) is 0 Å². The second-order valence-corrected chi connectivity index (χ2v) is 4.14. The predicted octanol–water partition coefficient (Wildman–Crippen LogP) is 3.23. The Hall–Kier alpha value is -0.950. The molecule has 0 aromatic heterocycles. The second-order valence-electron chi connectivity index (χ2n) is 3.62. The maximum Gasteiger partial charge on any atom is 0.00491 e. The maximum atomic E-state index is 4.41. The Morgan fingerprint density at radius 3 is 2.77 bits per heavy atom. The third-order valence-corrected chi connectivity index (χ3v) is 3.05. The van der Waals surface area contributed by atoms with Crippen molar-refractivity contribution in [2.24, 2.45) is 0 Å². The number of hydrogen-bond donors (Lipinski definition) is 1. The normalized spacial score (nSPS) is 13.9. The number of benzene rings is 2. The molecule has 1 aliphatic rings. The topological polar surface area (TPSA) is 0 Å². The van der Waals surface area contributed by atoms with Crippen LogP contribution in [0.5, 0.6) is 0 Å². The van der Waals surface area contributed by atoms with Gasteiger partial charge in [-0.2, -0.15) is 0 Å². The Morgan fingerprint density at radius 2 is 1.85 bits per heavy atom. The minimum atomic E-state index is 1.08. The van der Waals surface area contributed by atoms with Crippen LogP contribution in [0.3, 0.4) is 0 Å². The molecule has 0 spiro atoms. The summed E-state index contributed by atoms with van der Waals surface area (Å²) in [5.74, 6) is 0. The van der Waals surface area contributed by atoms with Crippen molar-refractivity contribution in [3.63, 3.8) is 0 Å². The van der Waals surface area contributed by atoms with Gasteiger partial charge in [-0.15, -0.1) is 12.6 Å². The molecule has 0 saturated heterocycles. The second kappa shape index (κ2) is 2.52. The summed E-state index contributed by atoms with van der Waals surface area (Å²) in [6, 6.07) is 10.9. The van der Waals surface area contributed by atoms with E-state index in [1.54, 1.807) is 0 Å². The van der Waals surface area contributed by atoms with E-state index in [9.17, 15) is 0 Å². The van der Waals surface area contributed by atoms with E-state index < -0.39 is 0 Å². The van der Waals surface area contributed by atoms with Gasteiger partial charge in [-0.05, 0) is 46.9 Å². The van der Waals surface area contributed by atoms with Gasteiger partial charge >= 0.3 is 0 Å². The highest BCUT2D eigenvalue weighted by molar-refractivity contribution is 7.80. The molecule has 2 aromatic rings. The average Bonchev–Trinajstić information content (AvgIpc) is 2.50. The highest BCUT2D eigenvalue weighted by atomic mass is 32.1. The van der Waals surface area contributed by atoms with Crippen molar-refractivity contribution < 1.29 is 0 Å². The zero-order valence-electron chi connectivity index (χ0n) is 7.25. The van der Waals surface area contributed by atoms with Crippen molar-refractivity contribution in [3.8, 4) is 0 Å². The lowest BCUT2D eigenvalue weighted by Crippen LogP contribution is -1.78. The maximum absolute atomic E-state index is 4.41. The summed E-state index contributed by atoms with van der Waals surface area (Å²) in [5.41, 5.74) is 2.97. The Morgan fingerprint density at radius 1 is 1.00 bits per heavy atom. The first-order valence-electron chi connectivity index (χ1n) is 4.58. The minimum Gasteiger partial charge on any atom is -0.143 e. The van der Waals surface area contributed by atoms with Crippen LogP contribution in [-0.2, 0) is 12.8 Å². The van der Waals surface area contributed by atoms with Crippen molar-refractivity contribution in [3.05, 3.63) is 41.5 Å². The van der Waals surface area contributed by atoms with E-state index in [0.717, 1.165) is 4.90 Å². The third-order valence-electron chi connectivity index (χ3n) is 2.79. The molecule has 0 unspecified atom stereocenters. The first kappa shape index (κ1) is 7.45. The van der Waals surface area contributed by atoms with Crippen LogP contribution in [0.25, 0.3) is 10.8 Å². The molecule has 0 radical (unpaired) electrons. The fourth-order valence-electron chi connectivity index (χ4n) is 2.26. The third kappa shape index (κ3) is 1.00. The van der Waals surface area contributed by atoms with E-state index in [-0.39, 0.29) is 0 Å². The van der Waals surface area contributed by atoms with Crippen LogP contribution in [0.1, 0.15) is 11.1 Å². The van der Waals surface area contributed by atoms with Crippen molar-refractivity contribution in [2.75, 3.05) is 0 Å². The fraction of sp³-hybridized carbons (Fsp3) is 0.167. The average molecular weight is 186 g/mol. The van der Waals surface area contributed by atoms with Gasteiger partial charge in [0, 0.05) is 4.90 Å². The molecular formula is C12H10S. The van der Waals surface area contributed by atoms with Gasteiger partial charge in [-0.3, -0.25) is 0 Å². The quantitative estimate of drug-likeness (QED) is 0.600. The summed E-state index contributed by atoms with van der Waals surface area (Å²) < 4.78 is 0. The summed E-state index contributed by atoms with van der Waals surface area (Å²) in [4.78, 5) is 1.08. The summed E-state index contributed by atoms with van der Waals surface area (Å²) in [6.45, 7) is 0. The van der Waals surface area contributed by atoms with Gasteiger partial charge in [0.05, 0.1) is 0 Å². The minimum absolute atomic E-state index is 1.08. The number of rotatable bonds is 0. The van der Waals surface area contributed by atoms with Crippen LogP contribution in [0, 0.1) is 0 Å². The molecule has 0 fully saturated rings. The van der Waals surface area contributed by atoms with Gasteiger partial charge in [0.15, 0.2) is 0 Å². The SMILES string of the molecule is Sc1cc2c3c(cccc3c1)CC2. The fourth-order valence-corrected chi connectivity index (χ4v) is 2.55. The van der Waals surface area contributed by atoms with Crippen LogP contribution in [-0.4, -0.2) is 0 Å². The lowest BCUT2D eigenvalue weighted by Gasteiger charge is -2.02. The summed E-state index contributed by atoms with van der Waals surface area (Å²) in [5, 5.41) is 2.82. The van der Waals surface area contributed by atoms with E-state index >= 15 is 0 Å². The molecule has 0 saturated carbocycles. The van der Waals surface area contributed by atoms with Gasteiger partial charge in [0.1, 0.15) is 0 Å². The zero-order chi connectivity index (χ0) is 8.84. The number of hydrogen-bond acceptors (Lipinski definition) is 1. The molecule has 13 heavy (non-hydrogen) atoms. The highest BCUT2D eigenvalue weighted by Gasteiger charge is 2.13. The molecule has 1 aliphatic carbocycles. The van der Waals surface area contributed by atoms with Gasteiger partial charge in [-0.25, -0.2) is 0 Å². The molecule has 0 N–H and O–H groups in total. The smallest absolute Gasteiger partial charge is 0.00491 e. The van der Waals surface area contributed by atoms with Crippen molar-refractivity contribution >= 4 is 23.4 Å². The molecule has 0 nitrogen and oxygen atoms in total. The molecule has 2 aromatic carbocycles. The van der Waals surface area contributed by atoms with Gasteiger partial charge in [0.2, 0.25) is 0 Å². The van der Waals surface area contributed by atoms with E-state index in [1.165, 1.54) is 34.7 Å². The van der Waals surface area contributed by atoms with E-state index in [1.807, 2.05) is 0 Å². The molecule has 0 atom stereocenters. The lowest BCUT2D eigenvalue weighted by atomic mass is 10.1. The molecule has 0 heterocycles. The molecular weight excluding hydrogens is 176 g/mol. The molecule has 64 valence electrons. The molecule has 3 rings (SSSR count). The standard InChI is InChI=1S/C12H10S/c13-11-6-9-3-1-2-8-4-5-10(7-11)12(8)9/h1-3,6-7,13H,4-5H2. The van der Waals surface area contributed by atoms with Crippen LogP contribution >= 0.6 is 12.6 Å². The van der Waals surface area contributed by atoms with Crippen molar-refractivity contribution in [2.45, 2.75) is 17.7 Å². The van der Waals surface area contributed by atoms with Gasteiger partial charge in [-0.1, -0.05) is 18.2 Å². The highest BCUT2D eigenvalue weighted by Crippen LogP contribution is 2.32. The predicted molar refractivity (Wildman–Crippen MR) is 58.6 cm³/mol. The van der Waals surface area contributed by atoms with Crippen LogP contribution in [0.15, 0.2) is 35.2 Å². The summed E-state index contributed by atoms with van der Waals surface area (Å²) >= 11 is 4.41. The Kier molecular flexibility index (Phi) is 1.44. The van der Waals surface area contributed by atoms with Crippen LogP contribution in [0.4, 0.5) is 0 Å². The summed E-state index contributed by atoms with van der Waals surface area (Å²) in [7, 11) is 0. The molecule has 1 heteroatoms.